The minimum absolute atomic E-state index is 0.750. The molecule has 2 nitrogen and oxygen atoms in total. The van der Waals surface area contributed by atoms with Crippen LogP contribution in [0.25, 0.3) is 0 Å². The number of halogens is 1. The van der Waals surface area contributed by atoms with Crippen molar-refractivity contribution >= 4 is 30.5 Å². The molecule has 0 aliphatic heterocycles. The molecule has 0 atom stereocenters. The van der Waals surface area contributed by atoms with Crippen LogP contribution >= 0.6 is 11.6 Å². The Morgan fingerprint density at radius 1 is 0.600 bits per heavy atom. The lowest BCUT2D eigenvalue weighted by molar-refractivity contribution is 0.184. The van der Waals surface area contributed by atoms with Crippen LogP contribution in [0, 0.1) is 0 Å². The Balaban J connectivity index is 2.07. The molecular weight excluding hydrogens is 408 g/mol. The quantitative estimate of drug-likeness (QED) is 0.158. The average molecular weight is 447 g/mol. The largest absolute Gasteiger partial charge is 0.407 e. The van der Waals surface area contributed by atoms with Gasteiger partial charge in [-0.1, -0.05) is 113 Å². The molecule has 2 rings (SSSR count). The second-order valence-electron chi connectivity index (χ2n) is 7.92. The van der Waals surface area contributed by atoms with Crippen molar-refractivity contribution in [1.29, 1.82) is 0 Å². The van der Waals surface area contributed by atoms with Crippen LogP contribution < -0.4 is 10.4 Å². The van der Waals surface area contributed by atoms with E-state index >= 15 is 0 Å². The fourth-order valence-corrected chi connectivity index (χ4v) is 7.12. The van der Waals surface area contributed by atoms with Gasteiger partial charge in [-0.25, -0.2) is 0 Å². The van der Waals surface area contributed by atoms with Gasteiger partial charge in [0.1, 0.15) is 0 Å². The molecule has 0 heterocycles. The van der Waals surface area contributed by atoms with Gasteiger partial charge in [0.2, 0.25) is 0 Å². The highest BCUT2D eigenvalue weighted by atomic mass is 35.5. The third kappa shape index (κ3) is 8.54. The van der Waals surface area contributed by atoms with Gasteiger partial charge < -0.3 is 8.85 Å². The van der Waals surface area contributed by atoms with Crippen LogP contribution in [0.15, 0.2) is 60.7 Å². The number of hydrogen-bond donors (Lipinski definition) is 0. The Labute approximate surface area is 190 Å². The molecular formula is C26H39ClO2Si. The van der Waals surface area contributed by atoms with Crippen molar-refractivity contribution < 1.29 is 8.85 Å². The van der Waals surface area contributed by atoms with Crippen molar-refractivity contribution in [2.75, 3.05) is 19.1 Å². The van der Waals surface area contributed by atoms with Crippen molar-refractivity contribution in [3.8, 4) is 0 Å². The van der Waals surface area contributed by atoms with Crippen LogP contribution in [0.4, 0.5) is 0 Å². The number of unbranched alkanes of at least 4 members (excludes halogenated alkanes) is 8. The molecule has 166 valence electrons. The summed E-state index contributed by atoms with van der Waals surface area (Å²) in [4.78, 5) is 0. The van der Waals surface area contributed by atoms with Crippen molar-refractivity contribution in [2.45, 2.75) is 71.1 Å². The van der Waals surface area contributed by atoms with E-state index in [9.17, 15) is 0 Å². The molecule has 0 saturated carbocycles. The van der Waals surface area contributed by atoms with Gasteiger partial charge in [-0.2, -0.15) is 0 Å². The normalized spacial score (nSPS) is 11.7. The van der Waals surface area contributed by atoms with Crippen molar-refractivity contribution in [1.82, 2.24) is 0 Å². The summed E-state index contributed by atoms with van der Waals surface area (Å²) >= 11 is 5.77. The van der Waals surface area contributed by atoms with Gasteiger partial charge in [-0.05, 0) is 29.6 Å². The molecule has 30 heavy (non-hydrogen) atoms. The summed E-state index contributed by atoms with van der Waals surface area (Å²) in [6, 6.07) is 21.2. The molecule has 0 spiro atoms. The van der Waals surface area contributed by atoms with E-state index in [1.165, 1.54) is 55.3 Å². The van der Waals surface area contributed by atoms with Gasteiger partial charge in [0.15, 0.2) is 0 Å². The van der Waals surface area contributed by atoms with E-state index in [4.69, 9.17) is 20.5 Å². The molecule has 0 aliphatic rings. The Bertz CT molecular complexity index is 611. The topological polar surface area (TPSA) is 18.5 Å². The summed E-state index contributed by atoms with van der Waals surface area (Å²) in [6.45, 7) is 3.75. The zero-order chi connectivity index (χ0) is 21.3. The first-order valence-electron chi connectivity index (χ1n) is 11.8. The summed E-state index contributed by atoms with van der Waals surface area (Å²) in [7, 11) is -2.71. The molecule has 2 aromatic rings. The zero-order valence-corrected chi connectivity index (χ0v) is 20.4. The van der Waals surface area contributed by atoms with E-state index in [1.807, 2.05) is 0 Å². The van der Waals surface area contributed by atoms with Crippen LogP contribution in [0.3, 0.4) is 0 Å². The average Bonchev–Trinajstić information content (AvgIpc) is 2.80. The molecule has 4 heteroatoms. The third-order valence-corrected chi connectivity index (χ3v) is 9.12. The molecule has 0 aliphatic carbocycles. The first kappa shape index (κ1) is 25.1. The van der Waals surface area contributed by atoms with E-state index < -0.39 is 8.56 Å². The van der Waals surface area contributed by atoms with Crippen LogP contribution in [-0.4, -0.2) is 27.7 Å². The van der Waals surface area contributed by atoms with Gasteiger partial charge in [0.05, 0.1) is 0 Å². The van der Waals surface area contributed by atoms with Crippen molar-refractivity contribution in [2.24, 2.45) is 0 Å². The van der Waals surface area contributed by atoms with Crippen LogP contribution in [-0.2, 0) is 8.85 Å². The predicted molar refractivity (Wildman–Crippen MR) is 132 cm³/mol. The molecule has 0 unspecified atom stereocenters. The van der Waals surface area contributed by atoms with E-state index in [1.54, 1.807) is 0 Å². The van der Waals surface area contributed by atoms with E-state index in [0.717, 1.165) is 38.4 Å². The van der Waals surface area contributed by atoms with Gasteiger partial charge in [-0.15, -0.1) is 11.6 Å². The van der Waals surface area contributed by atoms with Crippen LogP contribution in [0.2, 0.25) is 0 Å². The number of benzene rings is 2. The van der Waals surface area contributed by atoms with Crippen LogP contribution in [0.5, 0.6) is 0 Å². The maximum Gasteiger partial charge on any atom is 0.407 e. The molecule has 0 N–H and O–H groups in total. The molecule has 0 saturated heterocycles. The van der Waals surface area contributed by atoms with Gasteiger partial charge in [0.25, 0.3) is 0 Å². The molecule has 0 fully saturated rings. The second kappa shape index (κ2) is 15.6. The molecule has 2 aromatic carbocycles. The lowest BCUT2D eigenvalue weighted by Gasteiger charge is -2.31. The highest BCUT2D eigenvalue weighted by Crippen LogP contribution is 2.14. The third-order valence-electron chi connectivity index (χ3n) is 5.44. The summed E-state index contributed by atoms with van der Waals surface area (Å²) in [6.07, 6.45) is 12.0. The predicted octanol–water partition coefficient (Wildman–Crippen LogP) is 6.44. The van der Waals surface area contributed by atoms with Gasteiger partial charge >= 0.3 is 8.56 Å². The highest BCUT2D eigenvalue weighted by Gasteiger charge is 2.42. The standard InChI is InChI=1S/C26H39ClO2Si/c1-2-3-4-16-23-28-30(25-18-11-9-12-19-25,26-20-13-10-14-21-26)29-24-17-8-6-5-7-15-22-27/h9-14,18-21H,2-8,15-17,22-24H2,1H3. The van der Waals surface area contributed by atoms with Gasteiger partial charge in [-0.3, -0.25) is 0 Å². The van der Waals surface area contributed by atoms with Crippen LogP contribution in [0.1, 0.15) is 71.1 Å². The fourth-order valence-electron chi connectivity index (χ4n) is 3.72. The SMILES string of the molecule is CCCCCCO[Si](OCCCCCCCCCl)(c1ccccc1)c1ccccc1. The molecule has 0 amide bonds. The Hall–Kier alpha value is -1.13. The maximum absolute atomic E-state index is 6.73. The maximum atomic E-state index is 6.73. The molecule has 0 aromatic heterocycles. The first-order valence-corrected chi connectivity index (χ1v) is 14.1. The minimum atomic E-state index is -2.71. The minimum Gasteiger partial charge on any atom is -0.388 e. The van der Waals surface area contributed by atoms with E-state index in [-0.39, 0.29) is 0 Å². The second-order valence-corrected chi connectivity index (χ2v) is 11.3. The summed E-state index contributed by atoms with van der Waals surface area (Å²) < 4.78 is 13.4. The van der Waals surface area contributed by atoms with E-state index in [2.05, 4.69) is 67.6 Å². The number of alkyl halides is 1. The van der Waals surface area contributed by atoms with E-state index in [0.29, 0.717) is 0 Å². The van der Waals surface area contributed by atoms with Gasteiger partial charge in [0, 0.05) is 19.1 Å². The number of hydrogen-bond acceptors (Lipinski definition) is 2. The molecule has 0 bridgehead atoms. The summed E-state index contributed by atoms with van der Waals surface area (Å²) in [5.74, 6) is 0.779. The number of rotatable bonds is 17. The fraction of sp³-hybridized carbons (Fsp3) is 0.538. The van der Waals surface area contributed by atoms with Crippen molar-refractivity contribution in [3.63, 3.8) is 0 Å². The van der Waals surface area contributed by atoms with Crippen molar-refractivity contribution in [3.05, 3.63) is 60.7 Å². The highest BCUT2D eigenvalue weighted by molar-refractivity contribution is 6.92. The Morgan fingerprint density at radius 2 is 1.03 bits per heavy atom. The first-order chi connectivity index (χ1) is 14.8. The lowest BCUT2D eigenvalue weighted by atomic mass is 10.1. The summed E-state index contributed by atoms with van der Waals surface area (Å²) in [5.41, 5.74) is 0. The smallest absolute Gasteiger partial charge is 0.388 e. The Kier molecular flexibility index (Phi) is 13.1. The summed E-state index contributed by atoms with van der Waals surface area (Å²) in [5, 5.41) is 2.41. The zero-order valence-electron chi connectivity index (χ0n) is 18.7. The molecule has 0 radical (unpaired) electrons. The monoisotopic (exact) mass is 446 g/mol. The lowest BCUT2D eigenvalue weighted by Crippen LogP contribution is -2.63. The Morgan fingerprint density at radius 3 is 1.50 bits per heavy atom.